The first-order valence-corrected chi connectivity index (χ1v) is 7.90. The van der Waals surface area contributed by atoms with Crippen molar-refractivity contribution in [1.82, 2.24) is 0 Å². The Hall–Kier alpha value is -1.41. The van der Waals surface area contributed by atoms with Crippen molar-refractivity contribution < 1.29 is 14.7 Å². The van der Waals surface area contributed by atoms with E-state index in [9.17, 15) is 9.59 Å². The Bertz CT molecular complexity index is 676. The van der Waals surface area contributed by atoms with E-state index in [2.05, 4.69) is 38.5 Å². The van der Waals surface area contributed by atoms with Gasteiger partial charge in [-0.3, -0.25) is 14.5 Å². The number of carboxylic acids is 1. The number of benzene rings is 2. The number of aliphatic carboxylic acids is 1. The van der Waals surface area contributed by atoms with E-state index in [1.54, 1.807) is 30.3 Å². The predicted molar refractivity (Wildman–Crippen MR) is 92.6 cm³/mol. The van der Waals surface area contributed by atoms with E-state index in [-0.39, 0.29) is 12.5 Å². The fraction of sp³-hybridized carbons (Fsp3) is 0.0667. The highest BCUT2D eigenvalue weighted by Gasteiger charge is 2.22. The van der Waals surface area contributed by atoms with Gasteiger partial charge in [0.05, 0.1) is 5.56 Å². The van der Waals surface area contributed by atoms with Crippen molar-refractivity contribution in [3.05, 3.63) is 62.1 Å². The van der Waals surface area contributed by atoms with E-state index < -0.39 is 5.97 Å². The Labute approximate surface area is 144 Å². The molecule has 0 bridgehead atoms. The molecule has 0 heterocycles. The third-order valence-electron chi connectivity index (χ3n) is 2.77. The summed E-state index contributed by atoms with van der Waals surface area (Å²) >= 11 is 5.39. The number of para-hydroxylation sites is 1. The smallest absolute Gasteiger partial charge is 0.323 e. The van der Waals surface area contributed by atoms with Crippen LogP contribution in [0.4, 0.5) is 5.69 Å². The summed E-state index contributed by atoms with van der Waals surface area (Å²) in [4.78, 5) is 25.0. The number of amides is 1. The molecule has 0 atom stereocenters. The van der Waals surface area contributed by atoms with Gasteiger partial charge in [0.2, 0.25) is 0 Å². The quantitative estimate of drug-likeness (QED) is 0.708. The predicted octanol–water partition coefficient (Wildman–Crippen LogP) is 3.79. The molecule has 2 rings (SSSR count). The molecule has 21 heavy (non-hydrogen) atoms. The van der Waals surface area contributed by atoms with Crippen molar-refractivity contribution in [3.8, 4) is 0 Å². The van der Waals surface area contributed by atoms with Crippen LogP contribution < -0.4 is 4.90 Å². The summed E-state index contributed by atoms with van der Waals surface area (Å²) in [6.45, 7) is -0.383. The minimum Gasteiger partial charge on any atom is -0.480 e. The van der Waals surface area contributed by atoms with Gasteiger partial charge in [0.1, 0.15) is 6.54 Å². The molecule has 0 unspecified atom stereocenters. The van der Waals surface area contributed by atoms with Crippen LogP contribution in [0.3, 0.4) is 0 Å². The second-order valence-electron chi connectivity index (χ2n) is 4.24. The lowest BCUT2D eigenvalue weighted by atomic mass is 10.2. The van der Waals surface area contributed by atoms with Crippen LogP contribution in [0.5, 0.6) is 0 Å². The lowest BCUT2D eigenvalue weighted by Gasteiger charge is -2.21. The van der Waals surface area contributed by atoms with E-state index >= 15 is 0 Å². The van der Waals surface area contributed by atoms with Crippen molar-refractivity contribution >= 4 is 56.1 Å². The van der Waals surface area contributed by atoms with Crippen molar-refractivity contribution in [3.63, 3.8) is 0 Å². The molecule has 0 saturated heterocycles. The summed E-state index contributed by atoms with van der Waals surface area (Å²) in [6.07, 6.45) is 0. The average Bonchev–Trinajstić information content (AvgIpc) is 2.47. The standard InChI is InChI=1S/C15H11BrINO3/c16-10-6-7-13(17)12(8-10)15(21)18(9-14(19)20)11-4-2-1-3-5-11/h1-8H,9H2,(H,19,20). The zero-order valence-electron chi connectivity index (χ0n) is 10.8. The first-order valence-electron chi connectivity index (χ1n) is 6.03. The van der Waals surface area contributed by atoms with Crippen LogP contribution in [0.1, 0.15) is 10.4 Å². The number of carboxylic acid groups (broad SMARTS) is 1. The summed E-state index contributed by atoms with van der Waals surface area (Å²) in [5.41, 5.74) is 1.02. The topological polar surface area (TPSA) is 57.6 Å². The van der Waals surface area contributed by atoms with Crippen molar-refractivity contribution in [2.45, 2.75) is 0 Å². The second-order valence-corrected chi connectivity index (χ2v) is 6.32. The van der Waals surface area contributed by atoms with E-state index in [4.69, 9.17) is 5.11 Å². The molecule has 0 spiro atoms. The molecule has 1 amide bonds. The Kier molecular flexibility index (Phi) is 5.35. The minimum atomic E-state index is -1.06. The third-order valence-corrected chi connectivity index (χ3v) is 4.20. The van der Waals surface area contributed by atoms with Crippen LogP contribution in [0.2, 0.25) is 0 Å². The summed E-state index contributed by atoms with van der Waals surface area (Å²) < 4.78 is 1.54. The van der Waals surface area contributed by atoms with E-state index in [1.165, 1.54) is 4.90 Å². The Morgan fingerprint density at radius 1 is 1.14 bits per heavy atom. The molecule has 6 heteroatoms. The van der Waals surface area contributed by atoms with Gasteiger partial charge in [0.15, 0.2) is 0 Å². The van der Waals surface area contributed by atoms with Gasteiger partial charge in [0.25, 0.3) is 5.91 Å². The van der Waals surface area contributed by atoms with Crippen LogP contribution >= 0.6 is 38.5 Å². The number of anilines is 1. The van der Waals surface area contributed by atoms with Crippen LogP contribution in [-0.4, -0.2) is 23.5 Å². The lowest BCUT2D eigenvalue weighted by molar-refractivity contribution is -0.135. The van der Waals surface area contributed by atoms with Gasteiger partial charge in [0, 0.05) is 13.7 Å². The van der Waals surface area contributed by atoms with Gasteiger partial charge in [-0.05, 0) is 52.9 Å². The normalized spacial score (nSPS) is 10.2. The molecule has 0 saturated carbocycles. The molecule has 0 aliphatic heterocycles. The van der Waals surface area contributed by atoms with Crippen molar-refractivity contribution in [2.24, 2.45) is 0 Å². The third kappa shape index (κ3) is 4.04. The highest BCUT2D eigenvalue weighted by molar-refractivity contribution is 14.1. The number of carbonyl (C=O) groups is 2. The maximum Gasteiger partial charge on any atom is 0.323 e. The monoisotopic (exact) mass is 459 g/mol. The summed E-state index contributed by atoms with van der Waals surface area (Å²) in [5, 5.41) is 9.06. The Morgan fingerprint density at radius 3 is 2.43 bits per heavy atom. The molecule has 2 aromatic carbocycles. The van der Waals surface area contributed by atoms with Gasteiger partial charge in [-0.15, -0.1) is 0 Å². The minimum absolute atomic E-state index is 0.339. The van der Waals surface area contributed by atoms with Crippen molar-refractivity contribution in [1.29, 1.82) is 0 Å². The van der Waals surface area contributed by atoms with Gasteiger partial charge in [-0.1, -0.05) is 34.1 Å². The first kappa shape index (κ1) is 16.0. The highest BCUT2D eigenvalue weighted by atomic mass is 127. The summed E-state index contributed by atoms with van der Waals surface area (Å²) in [6, 6.07) is 14.1. The van der Waals surface area contributed by atoms with Crippen molar-refractivity contribution in [2.75, 3.05) is 11.4 Å². The zero-order valence-corrected chi connectivity index (χ0v) is 14.5. The maximum absolute atomic E-state index is 12.7. The molecule has 0 fully saturated rings. The number of hydrogen-bond acceptors (Lipinski definition) is 2. The number of nitrogens with zero attached hydrogens (tertiary/aromatic N) is 1. The zero-order chi connectivity index (χ0) is 15.4. The fourth-order valence-corrected chi connectivity index (χ4v) is 2.76. The molecular weight excluding hydrogens is 449 g/mol. The van der Waals surface area contributed by atoms with Gasteiger partial charge in [-0.2, -0.15) is 0 Å². The molecule has 108 valence electrons. The number of carbonyl (C=O) groups excluding carboxylic acids is 1. The molecule has 0 aromatic heterocycles. The van der Waals surface area contributed by atoms with Crippen LogP contribution in [0.15, 0.2) is 53.0 Å². The maximum atomic E-state index is 12.7. The van der Waals surface area contributed by atoms with Gasteiger partial charge >= 0.3 is 5.97 Å². The molecule has 0 aliphatic carbocycles. The number of halogens is 2. The largest absolute Gasteiger partial charge is 0.480 e. The molecular formula is C15H11BrINO3. The summed E-state index contributed by atoms with van der Waals surface area (Å²) in [7, 11) is 0. The SMILES string of the molecule is O=C(O)CN(C(=O)c1cc(Br)ccc1I)c1ccccc1. The first-order chi connectivity index (χ1) is 9.99. The van der Waals surface area contributed by atoms with Crippen LogP contribution in [0.25, 0.3) is 0 Å². The van der Waals surface area contributed by atoms with Gasteiger partial charge < -0.3 is 5.11 Å². The summed E-state index contributed by atoms with van der Waals surface area (Å²) in [5.74, 6) is -1.40. The van der Waals surface area contributed by atoms with Crippen LogP contribution in [-0.2, 0) is 4.79 Å². The molecule has 4 nitrogen and oxygen atoms in total. The second kappa shape index (κ2) is 7.04. The fourth-order valence-electron chi connectivity index (χ4n) is 1.83. The molecule has 1 N–H and O–H groups in total. The Morgan fingerprint density at radius 2 is 1.81 bits per heavy atom. The van der Waals surface area contributed by atoms with E-state index in [0.717, 1.165) is 8.04 Å². The van der Waals surface area contributed by atoms with Crippen LogP contribution in [0, 0.1) is 3.57 Å². The Balaban J connectivity index is 2.43. The lowest BCUT2D eigenvalue weighted by Crippen LogP contribution is -2.36. The molecule has 0 radical (unpaired) electrons. The average molecular weight is 460 g/mol. The number of hydrogen-bond donors (Lipinski definition) is 1. The molecule has 0 aliphatic rings. The highest BCUT2D eigenvalue weighted by Crippen LogP contribution is 2.23. The van der Waals surface area contributed by atoms with E-state index in [1.807, 2.05) is 18.2 Å². The van der Waals surface area contributed by atoms with Gasteiger partial charge in [-0.25, -0.2) is 0 Å². The molecule has 2 aromatic rings. The number of rotatable bonds is 4. The van der Waals surface area contributed by atoms with E-state index in [0.29, 0.717) is 11.3 Å².